The van der Waals surface area contributed by atoms with E-state index in [0.29, 0.717) is 6.54 Å². The van der Waals surface area contributed by atoms with Gasteiger partial charge in [0, 0.05) is 25.2 Å². The maximum atomic E-state index is 5.61. The van der Waals surface area contributed by atoms with E-state index in [1.165, 1.54) is 6.39 Å². The van der Waals surface area contributed by atoms with Crippen LogP contribution in [-0.4, -0.2) is 21.3 Å². The molecule has 18 heavy (non-hydrogen) atoms. The topological polar surface area (TPSA) is 69.9 Å². The molecule has 3 aromatic rings. The molecule has 0 unspecified atom stereocenters. The molecule has 0 aliphatic rings. The lowest BCUT2D eigenvalue weighted by molar-refractivity contribution is 0.602. The molecule has 92 valence electrons. The number of rotatable bonds is 3. The Kier molecular flexibility index (Phi) is 2.60. The molecule has 0 atom stereocenters. The number of fused-ring (bicyclic) bond motifs is 1. The highest BCUT2D eigenvalue weighted by atomic mass is 16.3. The van der Waals surface area contributed by atoms with Gasteiger partial charge in [-0.3, -0.25) is 4.68 Å². The Bertz CT molecular complexity index is 683. The fourth-order valence-corrected chi connectivity index (χ4v) is 2.12. The third-order valence-electron chi connectivity index (χ3n) is 2.93. The predicted octanol–water partition coefficient (Wildman–Crippen LogP) is 1.73. The van der Waals surface area contributed by atoms with E-state index < -0.39 is 0 Å². The van der Waals surface area contributed by atoms with Gasteiger partial charge in [-0.15, -0.1) is 0 Å². The van der Waals surface area contributed by atoms with Gasteiger partial charge >= 0.3 is 0 Å². The predicted molar refractivity (Wildman–Crippen MR) is 69.0 cm³/mol. The van der Waals surface area contributed by atoms with Crippen LogP contribution in [-0.2, 0) is 13.5 Å². The van der Waals surface area contributed by atoms with E-state index in [4.69, 9.17) is 10.2 Å². The van der Waals surface area contributed by atoms with Crippen molar-refractivity contribution in [1.29, 1.82) is 0 Å². The van der Waals surface area contributed by atoms with Crippen LogP contribution in [0, 0.1) is 0 Å². The highest BCUT2D eigenvalue weighted by molar-refractivity contribution is 5.80. The average Bonchev–Trinajstić information content (AvgIpc) is 2.95. The molecule has 0 radical (unpaired) electrons. The van der Waals surface area contributed by atoms with Crippen molar-refractivity contribution in [2.75, 3.05) is 6.54 Å². The maximum Gasteiger partial charge on any atom is 0.181 e. The molecule has 0 saturated carbocycles. The number of hydrogen-bond donors (Lipinski definition) is 1. The molecule has 0 bridgehead atoms. The van der Waals surface area contributed by atoms with Crippen LogP contribution in [0.2, 0.25) is 0 Å². The SMILES string of the molecule is Cn1cc(-c2ccc3ncoc3c2)c(CCN)n1. The Morgan fingerprint density at radius 1 is 1.39 bits per heavy atom. The van der Waals surface area contributed by atoms with E-state index in [9.17, 15) is 0 Å². The molecule has 5 nitrogen and oxygen atoms in total. The van der Waals surface area contributed by atoms with Crippen molar-refractivity contribution in [3.8, 4) is 11.1 Å². The molecule has 2 N–H and O–H groups in total. The van der Waals surface area contributed by atoms with Gasteiger partial charge in [0.2, 0.25) is 0 Å². The van der Waals surface area contributed by atoms with E-state index in [1.54, 1.807) is 0 Å². The van der Waals surface area contributed by atoms with Crippen molar-refractivity contribution >= 4 is 11.1 Å². The number of aryl methyl sites for hydroxylation is 1. The molecule has 3 rings (SSSR count). The van der Waals surface area contributed by atoms with Gasteiger partial charge in [0.1, 0.15) is 5.52 Å². The van der Waals surface area contributed by atoms with Gasteiger partial charge in [0.25, 0.3) is 0 Å². The Balaban J connectivity index is 2.12. The fraction of sp³-hybridized carbons (Fsp3) is 0.231. The largest absolute Gasteiger partial charge is 0.443 e. The minimum atomic E-state index is 0.592. The minimum Gasteiger partial charge on any atom is -0.443 e. The summed E-state index contributed by atoms with van der Waals surface area (Å²) in [7, 11) is 1.91. The van der Waals surface area contributed by atoms with E-state index >= 15 is 0 Å². The van der Waals surface area contributed by atoms with Crippen LogP contribution in [0.25, 0.3) is 22.2 Å². The second-order valence-electron chi connectivity index (χ2n) is 4.24. The molecule has 2 heterocycles. The number of aromatic nitrogens is 3. The highest BCUT2D eigenvalue weighted by Gasteiger charge is 2.10. The van der Waals surface area contributed by atoms with Crippen LogP contribution in [0.1, 0.15) is 5.69 Å². The standard InChI is InChI=1S/C13H14N4O/c1-17-7-10(11(16-17)4-5-14)9-2-3-12-13(6-9)18-8-15-12/h2-3,6-8H,4-5,14H2,1H3. The Labute approximate surface area is 104 Å². The van der Waals surface area contributed by atoms with Crippen LogP contribution >= 0.6 is 0 Å². The van der Waals surface area contributed by atoms with E-state index in [0.717, 1.165) is 34.3 Å². The normalized spacial score (nSPS) is 11.2. The molecular formula is C13H14N4O. The fourth-order valence-electron chi connectivity index (χ4n) is 2.12. The summed E-state index contributed by atoms with van der Waals surface area (Å²) >= 11 is 0. The Hall–Kier alpha value is -2.14. The third kappa shape index (κ3) is 1.78. The molecule has 0 saturated heterocycles. The maximum absolute atomic E-state index is 5.61. The van der Waals surface area contributed by atoms with E-state index in [2.05, 4.69) is 10.1 Å². The second-order valence-corrected chi connectivity index (χ2v) is 4.24. The first-order valence-electron chi connectivity index (χ1n) is 5.84. The van der Waals surface area contributed by atoms with Crippen LogP contribution < -0.4 is 5.73 Å². The molecule has 1 aromatic carbocycles. The van der Waals surface area contributed by atoms with Crippen molar-refractivity contribution in [2.45, 2.75) is 6.42 Å². The Morgan fingerprint density at radius 2 is 2.28 bits per heavy atom. The molecule has 0 fully saturated rings. The number of nitrogens with zero attached hydrogens (tertiary/aromatic N) is 3. The van der Waals surface area contributed by atoms with Gasteiger partial charge in [0.05, 0.1) is 5.69 Å². The molecular weight excluding hydrogens is 228 g/mol. The molecule has 0 aliphatic heterocycles. The molecule has 0 amide bonds. The number of oxazole rings is 1. The zero-order valence-electron chi connectivity index (χ0n) is 10.1. The summed E-state index contributed by atoms with van der Waals surface area (Å²) in [4.78, 5) is 4.11. The zero-order chi connectivity index (χ0) is 12.5. The van der Waals surface area contributed by atoms with Crippen molar-refractivity contribution in [2.24, 2.45) is 12.8 Å². The van der Waals surface area contributed by atoms with Gasteiger partial charge in [-0.05, 0) is 24.2 Å². The van der Waals surface area contributed by atoms with E-state index in [1.807, 2.05) is 36.1 Å². The molecule has 0 spiro atoms. The second kappa shape index (κ2) is 4.27. The van der Waals surface area contributed by atoms with Gasteiger partial charge < -0.3 is 10.2 Å². The molecule has 0 aliphatic carbocycles. The van der Waals surface area contributed by atoms with Gasteiger partial charge in [-0.1, -0.05) is 6.07 Å². The molecule has 2 aromatic heterocycles. The Morgan fingerprint density at radius 3 is 3.11 bits per heavy atom. The highest BCUT2D eigenvalue weighted by Crippen LogP contribution is 2.26. The summed E-state index contributed by atoms with van der Waals surface area (Å²) in [6.07, 6.45) is 4.23. The van der Waals surface area contributed by atoms with Crippen molar-refractivity contribution in [3.05, 3.63) is 36.5 Å². The smallest absolute Gasteiger partial charge is 0.181 e. The summed E-state index contributed by atoms with van der Waals surface area (Å²) in [6, 6.07) is 5.97. The van der Waals surface area contributed by atoms with Gasteiger partial charge in [-0.25, -0.2) is 4.98 Å². The lowest BCUT2D eigenvalue weighted by Gasteiger charge is -2.00. The first kappa shape index (κ1) is 11.0. The lowest BCUT2D eigenvalue weighted by Crippen LogP contribution is -2.04. The first-order chi connectivity index (χ1) is 8.78. The van der Waals surface area contributed by atoms with Crippen molar-refractivity contribution in [3.63, 3.8) is 0 Å². The number of hydrogen-bond acceptors (Lipinski definition) is 4. The summed E-state index contributed by atoms with van der Waals surface area (Å²) in [5, 5.41) is 4.43. The summed E-state index contributed by atoms with van der Waals surface area (Å²) in [6.45, 7) is 0.592. The quantitative estimate of drug-likeness (QED) is 0.759. The van der Waals surface area contributed by atoms with Crippen molar-refractivity contribution < 1.29 is 4.42 Å². The van der Waals surface area contributed by atoms with Gasteiger partial charge in [-0.2, -0.15) is 5.10 Å². The van der Waals surface area contributed by atoms with Crippen molar-refractivity contribution in [1.82, 2.24) is 14.8 Å². The summed E-state index contributed by atoms with van der Waals surface area (Å²) < 4.78 is 7.13. The number of nitrogens with two attached hydrogens (primary N) is 1. The zero-order valence-corrected chi connectivity index (χ0v) is 10.1. The summed E-state index contributed by atoms with van der Waals surface area (Å²) in [5.41, 5.74) is 10.5. The van der Waals surface area contributed by atoms with Crippen LogP contribution in [0.4, 0.5) is 0 Å². The average molecular weight is 242 g/mol. The first-order valence-corrected chi connectivity index (χ1v) is 5.84. The monoisotopic (exact) mass is 242 g/mol. The van der Waals surface area contributed by atoms with Crippen LogP contribution in [0.3, 0.4) is 0 Å². The third-order valence-corrected chi connectivity index (χ3v) is 2.93. The minimum absolute atomic E-state index is 0.592. The molecule has 5 heteroatoms. The summed E-state index contributed by atoms with van der Waals surface area (Å²) in [5.74, 6) is 0. The number of benzene rings is 1. The van der Waals surface area contributed by atoms with Gasteiger partial charge in [0.15, 0.2) is 12.0 Å². The van der Waals surface area contributed by atoms with Crippen LogP contribution in [0.15, 0.2) is 35.2 Å². The lowest BCUT2D eigenvalue weighted by atomic mass is 10.0. The van der Waals surface area contributed by atoms with Crippen LogP contribution in [0.5, 0.6) is 0 Å². The van der Waals surface area contributed by atoms with E-state index in [-0.39, 0.29) is 0 Å².